The highest BCUT2D eigenvalue weighted by Crippen LogP contribution is 2.33. The van der Waals surface area contributed by atoms with Gasteiger partial charge < -0.3 is 10.6 Å². The van der Waals surface area contributed by atoms with Gasteiger partial charge in [-0.15, -0.1) is 0 Å². The third-order valence-electron chi connectivity index (χ3n) is 3.08. The average molecular weight is 325 g/mol. The lowest BCUT2D eigenvalue weighted by molar-refractivity contribution is -0.137. The van der Waals surface area contributed by atoms with E-state index in [1.165, 1.54) is 11.7 Å². The fraction of sp³-hybridized carbons (Fsp3) is 0.385. The highest BCUT2D eigenvalue weighted by molar-refractivity contribution is 5.57. The Labute approximate surface area is 130 Å². The van der Waals surface area contributed by atoms with Crippen molar-refractivity contribution in [2.45, 2.75) is 26.1 Å². The fourth-order valence-electron chi connectivity index (χ4n) is 1.82. The summed E-state index contributed by atoms with van der Waals surface area (Å²) >= 11 is 0. The van der Waals surface area contributed by atoms with E-state index in [4.69, 9.17) is 5.26 Å². The summed E-state index contributed by atoms with van der Waals surface area (Å²) in [6.45, 7) is 3.37. The van der Waals surface area contributed by atoms with Crippen LogP contribution in [0.5, 0.6) is 0 Å². The van der Waals surface area contributed by atoms with Gasteiger partial charge in [0.1, 0.15) is 17.4 Å². The Hall–Kier alpha value is -2.83. The molecule has 2 aromatic rings. The minimum Gasteiger partial charge on any atom is -0.372 e. The lowest BCUT2D eigenvalue weighted by Crippen LogP contribution is -2.12. The van der Waals surface area contributed by atoms with Crippen molar-refractivity contribution in [1.29, 1.82) is 5.26 Å². The Kier molecular flexibility index (Phi) is 4.40. The van der Waals surface area contributed by atoms with Crippen LogP contribution in [0, 0.1) is 18.3 Å². The number of hydrogen-bond acceptors (Lipinski definition) is 6. The number of alkyl halides is 3. The normalized spacial score (nSPS) is 12.6. The summed E-state index contributed by atoms with van der Waals surface area (Å²) in [6.07, 6.45) is -2.26. The van der Waals surface area contributed by atoms with Crippen LogP contribution >= 0.6 is 0 Å². The number of rotatable bonds is 4. The van der Waals surface area contributed by atoms with Gasteiger partial charge in [0.05, 0.1) is 23.6 Å². The maximum absolute atomic E-state index is 12.8. The van der Waals surface area contributed by atoms with E-state index >= 15 is 0 Å². The molecule has 2 aromatic heterocycles. The molecule has 1 unspecified atom stereocenters. The number of anilines is 3. The van der Waals surface area contributed by atoms with Crippen LogP contribution in [0.3, 0.4) is 0 Å². The molecule has 0 bridgehead atoms. The van der Waals surface area contributed by atoms with E-state index in [1.807, 2.05) is 6.07 Å². The average Bonchev–Trinajstić information content (AvgIpc) is 2.86. The van der Waals surface area contributed by atoms with E-state index in [0.29, 0.717) is 17.6 Å². The first-order valence-electron chi connectivity index (χ1n) is 6.60. The Bertz CT molecular complexity index is 745. The minimum atomic E-state index is -4.54. The van der Waals surface area contributed by atoms with E-state index < -0.39 is 17.8 Å². The first-order chi connectivity index (χ1) is 10.8. The number of halogens is 3. The predicted octanol–water partition coefficient (Wildman–Crippen LogP) is 2.87. The zero-order chi connectivity index (χ0) is 17.2. The zero-order valence-corrected chi connectivity index (χ0v) is 12.6. The molecule has 0 aliphatic heterocycles. The minimum absolute atomic E-state index is 0.00499. The van der Waals surface area contributed by atoms with E-state index in [0.717, 1.165) is 0 Å². The van der Waals surface area contributed by atoms with E-state index in [-0.39, 0.29) is 11.8 Å². The van der Waals surface area contributed by atoms with Gasteiger partial charge in [0.15, 0.2) is 0 Å². The van der Waals surface area contributed by atoms with E-state index in [1.54, 1.807) is 20.0 Å². The van der Waals surface area contributed by atoms with Crippen LogP contribution in [0.2, 0.25) is 0 Å². The molecule has 0 fully saturated rings. The summed E-state index contributed by atoms with van der Waals surface area (Å²) in [7, 11) is 1.35. The van der Waals surface area contributed by atoms with Crippen molar-refractivity contribution < 1.29 is 13.2 Å². The molecule has 2 rings (SSSR count). The van der Waals surface area contributed by atoms with E-state index in [2.05, 4.69) is 25.7 Å². The van der Waals surface area contributed by atoms with Crippen molar-refractivity contribution in [2.24, 2.45) is 0 Å². The molecule has 7 nitrogen and oxygen atoms in total. The molecule has 0 aliphatic carbocycles. The monoisotopic (exact) mass is 325 g/mol. The molecule has 0 saturated carbocycles. The lowest BCUT2D eigenvalue weighted by Gasteiger charge is -2.12. The topological polar surface area (TPSA) is 91.5 Å². The van der Waals surface area contributed by atoms with Crippen molar-refractivity contribution in [1.82, 2.24) is 19.7 Å². The SMILES string of the molecule is CNc1nc(Nc2cn(C(C)C#N)nc2C)ncc1C(F)(F)F. The van der Waals surface area contributed by atoms with Crippen molar-refractivity contribution in [3.05, 3.63) is 23.7 Å². The summed E-state index contributed by atoms with van der Waals surface area (Å²) in [4.78, 5) is 7.49. The van der Waals surface area contributed by atoms with Crippen LogP contribution < -0.4 is 10.6 Å². The molecular weight excluding hydrogens is 311 g/mol. The number of nitriles is 1. The Morgan fingerprint density at radius 1 is 1.39 bits per heavy atom. The Balaban J connectivity index is 2.31. The highest BCUT2D eigenvalue weighted by Gasteiger charge is 2.35. The number of hydrogen-bond donors (Lipinski definition) is 2. The molecule has 2 N–H and O–H groups in total. The molecule has 1 atom stereocenters. The quantitative estimate of drug-likeness (QED) is 0.898. The molecule has 10 heteroatoms. The van der Waals surface area contributed by atoms with Gasteiger partial charge in [-0.3, -0.25) is 4.68 Å². The van der Waals surface area contributed by atoms with Crippen LogP contribution in [0.25, 0.3) is 0 Å². The Morgan fingerprint density at radius 3 is 2.65 bits per heavy atom. The maximum atomic E-state index is 12.8. The standard InChI is InChI=1S/C13H14F3N7/c1-7(4-17)23-6-10(8(2)22-23)20-12-19-5-9(13(14,15)16)11(18-3)21-12/h5-7H,1-3H3,(H2,18,19,20,21). The van der Waals surface area contributed by atoms with Gasteiger partial charge in [-0.2, -0.15) is 28.5 Å². The second-order valence-electron chi connectivity index (χ2n) is 4.74. The third-order valence-corrected chi connectivity index (χ3v) is 3.08. The van der Waals surface area contributed by atoms with Gasteiger partial charge in [0.2, 0.25) is 5.95 Å². The zero-order valence-electron chi connectivity index (χ0n) is 12.6. The lowest BCUT2D eigenvalue weighted by atomic mass is 10.3. The largest absolute Gasteiger partial charge is 0.421 e. The molecule has 2 heterocycles. The van der Waals surface area contributed by atoms with Crippen molar-refractivity contribution in [3.8, 4) is 6.07 Å². The maximum Gasteiger partial charge on any atom is 0.421 e. The molecule has 122 valence electrons. The van der Waals surface area contributed by atoms with Gasteiger partial charge in [-0.25, -0.2) is 4.98 Å². The second kappa shape index (κ2) is 6.12. The number of nitrogens with one attached hydrogen (secondary N) is 2. The molecule has 0 aromatic carbocycles. The summed E-state index contributed by atoms with van der Waals surface area (Å²) in [5.74, 6) is -0.333. The van der Waals surface area contributed by atoms with Crippen molar-refractivity contribution in [2.75, 3.05) is 17.7 Å². The van der Waals surface area contributed by atoms with Gasteiger partial charge in [0.25, 0.3) is 0 Å². The summed E-state index contributed by atoms with van der Waals surface area (Å²) in [5.41, 5.74) is 0.131. The fourth-order valence-corrected chi connectivity index (χ4v) is 1.82. The molecule has 0 amide bonds. The van der Waals surface area contributed by atoms with Crippen LogP contribution in [0.4, 0.5) is 30.6 Å². The molecule has 0 saturated heterocycles. The first-order valence-corrected chi connectivity index (χ1v) is 6.60. The van der Waals surface area contributed by atoms with Crippen LogP contribution in [0.15, 0.2) is 12.4 Å². The van der Waals surface area contributed by atoms with Gasteiger partial charge >= 0.3 is 6.18 Å². The Morgan fingerprint density at radius 2 is 2.09 bits per heavy atom. The third kappa shape index (κ3) is 3.50. The predicted molar refractivity (Wildman–Crippen MR) is 77.2 cm³/mol. The molecule has 23 heavy (non-hydrogen) atoms. The van der Waals surface area contributed by atoms with Gasteiger partial charge in [-0.1, -0.05) is 0 Å². The molecule has 0 radical (unpaired) electrons. The smallest absolute Gasteiger partial charge is 0.372 e. The highest BCUT2D eigenvalue weighted by atomic mass is 19.4. The van der Waals surface area contributed by atoms with E-state index in [9.17, 15) is 13.2 Å². The molecule has 0 spiro atoms. The molecule has 0 aliphatic rings. The summed E-state index contributed by atoms with van der Waals surface area (Å²) < 4.78 is 39.9. The number of aromatic nitrogens is 4. The van der Waals surface area contributed by atoms with Crippen LogP contribution in [0.1, 0.15) is 24.2 Å². The summed E-state index contributed by atoms with van der Waals surface area (Å²) in [5, 5.41) is 18.2. The van der Waals surface area contributed by atoms with Crippen LogP contribution in [-0.2, 0) is 6.18 Å². The number of aryl methyl sites for hydroxylation is 1. The number of nitrogens with zero attached hydrogens (tertiary/aromatic N) is 5. The van der Waals surface area contributed by atoms with Crippen molar-refractivity contribution in [3.63, 3.8) is 0 Å². The molecular formula is C13H14F3N7. The van der Waals surface area contributed by atoms with Crippen molar-refractivity contribution >= 4 is 17.5 Å². The van der Waals surface area contributed by atoms with Gasteiger partial charge in [-0.05, 0) is 13.8 Å². The van der Waals surface area contributed by atoms with Crippen LogP contribution in [-0.4, -0.2) is 26.8 Å². The van der Waals surface area contributed by atoms with Gasteiger partial charge in [0, 0.05) is 13.2 Å². The second-order valence-corrected chi connectivity index (χ2v) is 4.74. The summed E-state index contributed by atoms with van der Waals surface area (Å²) in [6, 6.07) is 1.57. The first kappa shape index (κ1) is 16.5.